The summed E-state index contributed by atoms with van der Waals surface area (Å²) in [6.07, 6.45) is 6.54. The first-order valence-electron chi connectivity index (χ1n) is 7.80. The Labute approximate surface area is 137 Å². The van der Waals surface area contributed by atoms with Crippen molar-refractivity contribution in [2.24, 2.45) is 4.99 Å². The third-order valence-electron chi connectivity index (χ3n) is 3.38. The predicted octanol–water partition coefficient (Wildman–Crippen LogP) is 3.13. The van der Waals surface area contributed by atoms with E-state index in [0.717, 1.165) is 35.9 Å². The summed E-state index contributed by atoms with van der Waals surface area (Å²) in [5, 5.41) is 7.45. The molecule has 0 heterocycles. The average Bonchev–Trinajstić information content (AvgIpc) is 3.02. The summed E-state index contributed by atoms with van der Waals surface area (Å²) < 4.78 is 5.64. The number of hydrogen-bond donors (Lipinski definition) is 2. The molecule has 0 amide bonds. The zero-order valence-corrected chi connectivity index (χ0v) is 13.8. The number of benzene rings is 1. The van der Waals surface area contributed by atoms with Crippen molar-refractivity contribution in [2.45, 2.75) is 32.4 Å². The minimum absolute atomic E-state index is 0.466. The summed E-state index contributed by atoms with van der Waals surface area (Å²) in [5.74, 6) is 0.867. The Bertz CT molecular complexity index is 491. The SMILES string of the molecule is CCNC(=NCCOCc1ccc(Cl)cc1)NC1CC=CC1. The van der Waals surface area contributed by atoms with Crippen molar-refractivity contribution >= 4 is 17.6 Å². The quantitative estimate of drug-likeness (QED) is 0.351. The third-order valence-corrected chi connectivity index (χ3v) is 3.63. The highest BCUT2D eigenvalue weighted by Crippen LogP contribution is 2.10. The number of aliphatic imine (C=N–C) groups is 1. The standard InChI is InChI=1S/C17H24ClN3O/c1-2-19-17(21-16-5-3-4-6-16)20-11-12-22-13-14-7-9-15(18)10-8-14/h3-4,7-10,16H,2,5-6,11-13H2,1H3,(H2,19,20,21). The summed E-state index contributed by atoms with van der Waals surface area (Å²) in [5.41, 5.74) is 1.12. The van der Waals surface area contributed by atoms with Crippen molar-refractivity contribution < 1.29 is 4.74 Å². The van der Waals surface area contributed by atoms with E-state index in [1.807, 2.05) is 24.3 Å². The molecule has 2 N–H and O–H groups in total. The van der Waals surface area contributed by atoms with Gasteiger partial charge in [-0.1, -0.05) is 35.9 Å². The van der Waals surface area contributed by atoms with Crippen LogP contribution in [0.2, 0.25) is 5.02 Å². The molecular formula is C17H24ClN3O. The second-order valence-electron chi connectivity index (χ2n) is 5.22. The van der Waals surface area contributed by atoms with E-state index in [4.69, 9.17) is 16.3 Å². The van der Waals surface area contributed by atoms with Crippen molar-refractivity contribution in [2.75, 3.05) is 19.7 Å². The largest absolute Gasteiger partial charge is 0.375 e. The van der Waals surface area contributed by atoms with Crippen molar-refractivity contribution in [3.05, 3.63) is 47.0 Å². The van der Waals surface area contributed by atoms with E-state index < -0.39 is 0 Å². The number of nitrogens with one attached hydrogen (secondary N) is 2. The van der Waals surface area contributed by atoms with Gasteiger partial charge in [-0.25, -0.2) is 0 Å². The van der Waals surface area contributed by atoms with E-state index in [9.17, 15) is 0 Å². The minimum atomic E-state index is 0.466. The number of guanidine groups is 1. The maximum Gasteiger partial charge on any atom is 0.191 e. The van der Waals surface area contributed by atoms with Crippen LogP contribution in [0.4, 0.5) is 0 Å². The van der Waals surface area contributed by atoms with Crippen LogP contribution in [0, 0.1) is 0 Å². The molecule has 1 aromatic rings. The highest BCUT2D eigenvalue weighted by Gasteiger charge is 2.11. The van der Waals surface area contributed by atoms with Crippen LogP contribution in [0.25, 0.3) is 0 Å². The molecule has 0 unspecified atom stereocenters. The molecule has 0 spiro atoms. The molecular weight excluding hydrogens is 298 g/mol. The van der Waals surface area contributed by atoms with Crippen LogP contribution >= 0.6 is 11.6 Å². The van der Waals surface area contributed by atoms with Gasteiger partial charge in [0.25, 0.3) is 0 Å². The molecule has 1 aliphatic rings. The lowest BCUT2D eigenvalue weighted by atomic mass is 10.2. The predicted molar refractivity (Wildman–Crippen MR) is 92.4 cm³/mol. The normalized spacial score (nSPS) is 15.3. The first-order valence-corrected chi connectivity index (χ1v) is 8.17. The molecule has 1 aromatic carbocycles. The van der Waals surface area contributed by atoms with Gasteiger partial charge in [0.05, 0.1) is 19.8 Å². The van der Waals surface area contributed by atoms with E-state index in [-0.39, 0.29) is 0 Å². The fourth-order valence-corrected chi connectivity index (χ4v) is 2.37. The van der Waals surface area contributed by atoms with E-state index in [1.165, 1.54) is 0 Å². The zero-order chi connectivity index (χ0) is 15.6. The van der Waals surface area contributed by atoms with Gasteiger partial charge in [0.2, 0.25) is 0 Å². The second kappa shape index (κ2) is 9.49. The third kappa shape index (κ3) is 6.08. The van der Waals surface area contributed by atoms with Crippen molar-refractivity contribution in [1.82, 2.24) is 10.6 Å². The molecule has 0 atom stereocenters. The summed E-state index contributed by atoms with van der Waals surface area (Å²) >= 11 is 5.85. The van der Waals surface area contributed by atoms with Crippen molar-refractivity contribution in [3.63, 3.8) is 0 Å². The van der Waals surface area contributed by atoms with Crippen LogP contribution < -0.4 is 10.6 Å². The molecule has 22 heavy (non-hydrogen) atoms. The Morgan fingerprint density at radius 1 is 1.27 bits per heavy atom. The van der Waals surface area contributed by atoms with Gasteiger partial charge in [-0.2, -0.15) is 0 Å². The fraction of sp³-hybridized carbons (Fsp3) is 0.471. The molecule has 0 aliphatic heterocycles. The molecule has 4 nitrogen and oxygen atoms in total. The van der Waals surface area contributed by atoms with E-state index in [2.05, 4.69) is 34.7 Å². The highest BCUT2D eigenvalue weighted by atomic mass is 35.5. The van der Waals surface area contributed by atoms with Crippen molar-refractivity contribution in [1.29, 1.82) is 0 Å². The molecule has 0 fully saturated rings. The van der Waals surface area contributed by atoms with Crippen LogP contribution in [0.3, 0.4) is 0 Å². The lowest BCUT2D eigenvalue weighted by Crippen LogP contribution is -2.42. The van der Waals surface area contributed by atoms with Gasteiger partial charge >= 0.3 is 0 Å². The molecule has 0 saturated heterocycles. The maximum atomic E-state index is 5.85. The minimum Gasteiger partial charge on any atom is -0.375 e. The zero-order valence-electron chi connectivity index (χ0n) is 13.0. The maximum absolute atomic E-state index is 5.85. The van der Waals surface area contributed by atoms with E-state index in [1.54, 1.807) is 0 Å². The number of halogens is 1. The van der Waals surface area contributed by atoms with Crippen LogP contribution in [0.5, 0.6) is 0 Å². The summed E-state index contributed by atoms with van der Waals surface area (Å²) in [6, 6.07) is 8.17. The van der Waals surface area contributed by atoms with Gasteiger partial charge in [-0.3, -0.25) is 4.99 Å². The monoisotopic (exact) mass is 321 g/mol. The molecule has 5 heteroatoms. The molecule has 2 rings (SSSR count). The Hall–Kier alpha value is -1.52. The number of ether oxygens (including phenoxy) is 1. The topological polar surface area (TPSA) is 45.7 Å². The van der Waals surface area contributed by atoms with Crippen LogP contribution in [-0.2, 0) is 11.3 Å². The summed E-state index contributed by atoms with van der Waals surface area (Å²) in [6.45, 7) is 4.76. The van der Waals surface area contributed by atoms with E-state index in [0.29, 0.717) is 25.8 Å². The van der Waals surface area contributed by atoms with Gasteiger partial charge < -0.3 is 15.4 Å². The molecule has 0 saturated carbocycles. The van der Waals surface area contributed by atoms with Gasteiger partial charge in [0.1, 0.15) is 0 Å². The fourth-order valence-electron chi connectivity index (χ4n) is 2.24. The lowest BCUT2D eigenvalue weighted by Gasteiger charge is -2.16. The van der Waals surface area contributed by atoms with Crippen LogP contribution in [0.15, 0.2) is 41.4 Å². The summed E-state index contributed by atoms with van der Waals surface area (Å²) in [7, 11) is 0. The molecule has 120 valence electrons. The molecule has 0 aromatic heterocycles. The Balaban J connectivity index is 1.68. The van der Waals surface area contributed by atoms with Crippen LogP contribution in [-0.4, -0.2) is 31.7 Å². The second-order valence-corrected chi connectivity index (χ2v) is 5.66. The van der Waals surface area contributed by atoms with Gasteiger partial charge in [-0.15, -0.1) is 0 Å². The Morgan fingerprint density at radius 3 is 2.68 bits per heavy atom. The van der Waals surface area contributed by atoms with Gasteiger partial charge in [-0.05, 0) is 37.5 Å². The van der Waals surface area contributed by atoms with Gasteiger partial charge in [0.15, 0.2) is 5.96 Å². The number of hydrogen-bond acceptors (Lipinski definition) is 2. The molecule has 0 radical (unpaired) electrons. The summed E-state index contributed by atoms with van der Waals surface area (Å²) in [4.78, 5) is 4.54. The average molecular weight is 322 g/mol. The van der Waals surface area contributed by atoms with E-state index >= 15 is 0 Å². The van der Waals surface area contributed by atoms with Crippen LogP contribution in [0.1, 0.15) is 25.3 Å². The highest BCUT2D eigenvalue weighted by molar-refractivity contribution is 6.30. The number of rotatable bonds is 7. The smallest absolute Gasteiger partial charge is 0.191 e. The first-order chi connectivity index (χ1) is 10.8. The lowest BCUT2D eigenvalue weighted by molar-refractivity contribution is 0.128. The van der Waals surface area contributed by atoms with Crippen molar-refractivity contribution in [3.8, 4) is 0 Å². The van der Waals surface area contributed by atoms with Gasteiger partial charge in [0, 0.05) is 17.6 Å². The molecule has 1 aliphatic carbocycles. The Morgan fingerprint density at radius 2 is 2.00 bits per heavy atom. The first kappa shape index (κ1) is 16.8. The number of nitrogens with zero attached hydrogens (tertiary/aromatic N) is 1. The Kier molecular flexibility index (Phi) is 7.26. The molecule has 0 bridgehead atoms.